The molecule has 3 rings (SSSR count). The molecule has 2 aliphatic carbocycles. The molecule has 2 N–H and O–H groups in total. The quantitative estimate of drug-likeness (QED) is 0.811. The van der Waals surface area contributed by atoms with Gasteiger partial charge in [0.2, 0.25) is 0 Å². The Bertz CT molecular complexity index is 276. The van der Waals surface area contributed by atoms with Gasteiger partial charge in [-0.1, -0.05) is 6.92 Å². The zero-order chi connectivity index (χ0) is 12.5. The normalized spacial score (nSPS) is 43.2. The summed E-state index contributed by atoms with van der Waals surface area (Å²) in [7, 11) is 0. The second kappa shape index (κ2) is 5.48. The van der Waals surface area contributed by atoms with E-state index in [1.165, 1.54) is 38.6 Å². The van der Waals surface area contributed by atoms with Crippen LogP contribution < -0.4 is 5.73 Å². The Hall–Kier alpha value is -0.120. The molecular weight excluding hydrogens is 224 g/mol. The summed E-state index contributed by atoms with van der Waals surface area (Å²) in [5.74, 6) is 2.51. The van der Waals surface area contributed by atoms with Crippen molar-refractivity contribution in [2.24, 2.45) is 23.5 Å². The lowest BCUT2D eigenvalue weighted by Crippen LogP contribution is -2.44. The number of hydrogen-bond acceptors (Lipinski definition) is 3. The molecule has 0 amide bonds. The van der Waals surface area contributed by atoms with Crippen LogP contribution in [0.5, 0.6) is 0 Å². The lowest BCUT2D eigenvalue weighted by molar-refractivity contribution is 0.0634. The molecule has 3 nitrogen and oxygen atoms in total. The number of likely N-dealkylation sites (N-methyl/N-ethyl adjacent to an activating group) is 1. The standard InChI is InChI=1S/C15H28N2O/c1-2-17(9-13-4-3-7-18-13)10-14-11-5-6-12(8-11)15(14)16/h11-15H,2-10,16H2,1H3. The Kier molecular flexibility index (Phi) is 3.92. The Labute approximate surface area is 111 Å². The van der Waals surface area contributed by atoms with E-state index in [9.17, 15) is 0 Å². The maximum Gasteiger partial charge on any atom is 0.0702 e. The minimum Gasteiger partial charge on any atom is -0.377 e. The fourth-order valence-electron chi connectivity index (χ4n) is 4.43. The van der Waals surface area contributed by atoms with Crippen LogP contribution in [0.2, 0.25) is 0 Å². The van der Waals surface area contributed by atoms with Gasteiger partial charge in [-0.05, 0) is 56.4 Å². The Morgan fingerprint density at radius 3 is 2.61 bits per heavy atom. The molecule has 3 fully saturated rings. The SMILES string of the molecule is CCN(CC1CCCO1)CC1C2CCC(C2)C1N. The van der Waals surface area contributed by atoms with Crippen molar-refractivity contribution in [3.05, 3.63) is 0 Å². The van der Waals surface area contributed by atoms with Gasteiger partial charge in [0.25, 0.3) is 0 Å². The van der Waals surface area contributed by atoms with E-state index in [-0.39, 0.29) is 0 Å². The molecule has 1 heterocycles. The van der Waals surface area contributed by atoms with Gasteiger partial charge in [-0.15, -0.1) is 0 Å². The molecule has 0 aromatic carbocycles. The van der Waals surface area contributed by atoms with Crippen molar-refractivity contribution in [1.29, 1.82) is 0 Å². The van der Waals surface area contributed by atoms with Crippen LogP contribution in [-0.2, 0) is 4.74 Å². The Morgan fingerprint density at radius 2 is 2.00 bits per heavy atom. The van der Waals surface area contributed by atoms with Gasteiger partial charge in [0.05, 0.1) is 6.10 Å². The predicted octanol–water partition coefficient (Wildman–Crippen LogP) is 1.86. The van der Waals surface area contributed by atoms with Gasteiger partial charge in [-0.3, -0.25) is 0 Å². The molecule has 18 heavy (non-hydrogen) atoms. The lowest BCUT2D eigenvalue weighted by atomic mass is 9.84. The maximum atomic E-state index is 6.42. The zero-order valence-electron chi connectivity index (χ0n) is 11.7. The van der Waals surface area contributed by atoms with Crippen LogP contribution in [0.25, 0.3) is 0 Å². The van der Waals surface area contributed by atoms with Gasteiger partial charge >= 0.3 is 0 Å². The van der Waals surface area contributed by atoms with Crippen molar-refractivity contribution >= 4 is 0 Å². The molecular formula is C15H28N2O. The molecule has 2 bridgehead atoms. The van der Waals surface area contributed by atoms with Gasteiger partial charge in [-0.25, -0.2) is 0 Å². The third-order valence-corrected chi connectivity index (χ3v) is 5.56. The molecule has 0 radical (unpaired) electrons. The molecule has 3 heteroatoms. The average molecular weight is 252 g/mol. The van der Waals surface area contributed by atoms with Crippen molar-refractivity contribution in [2.45, 2.75) is 51.2 Å². The molecule has 5 atom stereocenters. The van der Waals surface area contributed by atoms with Gasteiger partial charge < -0.3 is 15.4 Å². The van der Waals surface area contributed by atoms with Gasteiger partial charge in [0.1, 0.15) is 0 Å². The summed E-state index contributed by atoms with van der Waals surface area (Å²) in [6.45, 7) is 6.71. The van der Waals surface area contributed by atoms with Crippen LogP contribution in [0.4, 0.5) is 0 Å². The predicted molar refractivity (Wildman–Crippen MR) is 73.4 cm³/mol. The van der Waals surface area contributed by atoms with Crippen LogP contribution >= 0.6 is 0 Å². The maximum absolute atomic E-state index is 6.42. The first-order valence-corrected chi connectivity index (χ1v) is 7.87. The molecule has 1 saturated heterocycles. The topological polar surface area (TPSA) is 38.5 Å². The van der Waals surface area contributed by atoms with E-state index in [2.05, 4.69) is 11.8 Å². The van der Waals surface area contributed by atoms with Gasteiger partial charge in [0, 0.05) is 25.7 Å². The Morgan fingerprint density at radius 1 is 1.17 bits per heavy atom. The molecule has 3 aliphatic rings. The number of hydrogen-bond donors (Lipinski definition) is 1. The molecule has 0 aromatic heterocycles. The highest BCUT2D eigenvalue weighted by Crippen LogP contribution is 2.47. The van der Waals surface area contributed by atoms with Crippen LogP contribution in [-0.4, -0.2) is 43.3 Å². The number of nitrogens with zero attached hydrogens (tertiary/aromatic N) is 1. The summed E-state index contributed by atoms with van der Waals surface area (Å²) < 4.78 is 5.77. The zero-order valence-corrected chi connectivity index (χ0v) is 11.7. The van der Waals surface area contributed by atoms with E-state index in [0.717, 1.165) is 37.5 Å². The second-order valence-electron chi connectivity index (χ2n) is 6.56. The van der Waals surface area contributed by atoms with Gasteiger partial charge in [-0.2, -0.15) is 0 Å². The fourth-order valence-corrected chi connectivity index (χ4v) is 4.43. The fraction of sp³-hybridized carbons (Fsp3) is 1.00. The highest BCUT2D eigenvalue weighted by molar-refractivity contribution is 4.99. The van der Waals surface area contributed by atoms with E-state index < -0.39 is 0 Å². The minimum absolute atomic E-state index is 0.474. The third-order valence-electron chi connectivity index (χ3n) is 5.56. The highest BCUT2D eigenvalue weighted by Gasteiger charge is 2.45. The van der Waals surface area contributed by atoms with Crippen LogP contribution in [0.3, 0.4) is 0 Å². The summed E-state index contributed by atoms with van der Waals surface area (Å²) in [6.07, 6.45) is 7.21. The average Bonchev–Trinajstić information content (AvgIpc) is 3.08. The third kappa shape index (κ3) is 2.45. The summed E-state index contributed by atoms with van der Waals surface area (Å²) in [6, 6.07) is 0.474. The minimum atomic E-state index is 0.474. The number of nitrogens with two attached hydrogens (primary N) is 1. The molecule has 104 valence electrons. The van der Waals surface area contributed by atoms with E-state index in [4.69, 9.17) is 10.5 Å². The molecule has 0 spiro atoms. The molecule has 5 unspecified atom stereocenters. The molecule has 2 saturated carbocycles. The number of ether oxygens (including phenoxy) is 1. The van der Waals surface area contributed by atoms with Crippen LogP contribution in [0.15, 0.2) is 0 Å². The first kappa shape index (κ1) is 12.9. The van der Waals surface area contributed by atoms with E-state index >= 15 is 0 Å². The van der Waals surface area contributed by atoms with Crippen molar-refractivity contribution in [2.75, 3.05) is 26.2 Å². The van der Waals surface area contributed by atoms with E-state index in [0.29, 0.717) is 12.1 Å². The van der Waals surface area contributed by atoms with Crippen LogP contribution in [0.1, 0.15) is 39.0 Å². The first-order chi connectivity index (χ1) is 8.78. The van der Waals surface area contributed by atoms with Gasteiger partial charge in [0.15, 0.2) is 0 Å². The lowest BCUT2D eigenvalue weighted by Gasteiger charge is -2.33. The van der Waals surface area contributed by atoms with Crippen molar-refractivity contribution in [3.8, 4) is 0 Å². The number of fused-ring (bicyclic) bond motifs is 2. The first-order valence-electron chi connectivity index (χ1n) is 7.87. The summed E-state index contributed by atoms with van der Waals surface area (Å²) in [5.41, 5.74) is 6.42. The second-order valence-corrected chi connectivity index (χ2v) is 6.56. The van der Waals surface area contributed by atoms with Crippen LogP contribution in [0, 0.1) is 17.8 Å². The van der Waals surface area contributed by atoms with E-state index in [1.807, 2.05) is 0 Å². The summed E-state index contributed by atoms with van der Waals surface area (Å²) in [5, 5.41) is 0. The van der Waals surface area contributed by atoms with Crippen molar-refractivity contribution < 1.29 is 4.74 Å². The van der Waals surface area contributed by atoms with Crippen molar-refractivity contribution in [1.82, 2.24) is 4.90 Å². The molecule has 1 aliphatic heterocycles. The summed E-state index contributed by atoms with van der Waals surface area (Å²) >= 11 is 0. The van der Waals surface area contributed by atoms with Crippen molar-refractivity contribution in [3.63, 3.8) is 0 Å². The summed E-state index contributed by atoms with van der Waals surface area (Å²) in [4.78, 5) is 2.58. The smallest absolute Gasteiger partial charge is 0.0702 e. The molecule has 0 aromatic rings. The largest absolute Gasteiger partial charge is 0.377 e. The van der Waals surface area contributed by atoms with E-state index in [1.54, 1.807) is 0 Å². The highest BCUT2D eigenvalue weighted by atomic mass is 16.5. The Balaban J connectivity index is 1.53. The monoisotopic (exact) mass is 252 g/mol. The number of rotatable bonds is 5.